The molecular formula is C24H36N2O8P2. The Morgan fingerprint density at radius 2 is 1.00 bits per heavy atom. The molecule has 4 atom stereocenters. The summed E-state index contributed by atoms with van der Waals surface area (Å²) in [6.45, 7) is 6.13. The maximum atomic E-state index is 12.5. The highest BCUT2D eigenvalue weighted by Crippen LogP contribution is 2.44. The Kier molecular flexibility index (Phi) is 13.8. The maximum Gasteiger partial charge on any atom is 0.342 e. The van der Waals surface area contributed by atoms with E-state index < -0.39 is 27.1 Å². The van der Waals surface area contributed by atoms with E-state index >= 15 is 0 Å². The number of carbonyl (C=O) groups is 2. The van der Waals surface area contributed by atoms with Crippen LogP contribution in [-0.4, -0.2) is 50.6 Å². The van der Waals surface area contributed by atoms with Crippen LogP contribution in [-0.2, 0) is 28.2 Å². The summed E-state index contributed by atoms with van der Waals surface area (Å²) in [6.07, 6.45) is -0.195. The van der Waals surface area contributed by atoms with Gasteiger partial charge in [-0.1, -0.05) is 36.4 Å². The van der Waals surface area contributed by atoms with Crippen LogP contribution in [0.1, 0.15) is 27.7 Å². The van der Waals surface area contributed by atoms with Crippen LogP contribution in [0.5, 0.6) is 11.5 Å². The van der Waals surface area contributed by atoms with Crippen molar-refractivity contribution in [2.75, 3.05) is 26.9 Å². The van der Waals surface area contributed by atoms with Gasteiger partial charge in [0.15, 0.2) is 0 Å². The van der Waals surface area contributed by atoms with Crippen molar-refractivity contribution in [3.63, 3.8) is 0 Å². The third kappa shape index (κ3) is 12.1. The van der Waals surface area contributed by atoms with Gasteiger partial charge in [0.25, 0.3) is 0 Å². The number of nitrogens with one attached hydrogen (secondary N) is 2. The van der Waals surface area contributed by atoms with Gasteiger partial charge < -0.3 is 18.5 Å². The number of methoxy groups -OCH3 is 2. The number of rotatable bonds is 14. The molecule has 2 aromatic rings. The average Bonchev–Trinajstić information content (AvgIpc) is 2.80. The average molecular weight is 543 g/mol. The van der Waals surface area contributed by atoms with Crippen molar-refractivity contribution in [1.29, 1.82) is 0 Å². The Hall–Kier alpha value is -2.32. The smallest absolute Gasteiger partial charge is 0.342 e. The lowest BCUT2D eigenvalue weighted by Crippen LogP contribution is -2.32. The van der Waals surface area contributed by atoms with Crippen LogP contribution in [0.3, 0.4) is 0 Å². The number of carbonyl (C=O) groups excluding carboxylic acids is 2. The summed E-state index contributed by atoms with van der Waals surface area (Å²) >= 11 is 0. The molecule has 0 bridgehead atoms. The quantitative estimate of drug-likeness (QED) is 0.319. The number of para-hydroxylation sites is 2. The van der Waals surface area contributed by atoms with Crippen molar-refractivity contribution in [2.24, 2.45) is 0 Å². The van der Waals surface area contributed by atoms with Gasteiger partial charge in [0.2, 0.25) is 0 Å². The number of benzene rings is 2. The minimum absolute atomic E-state index is 0.0977. The van der Waals surface area contributed by atoms with E-state index in [0.29, 0.717) is 11.5 Å². The highest BCUT2D eigenvalue weighted by Gasteiger charge is 2.29. The lowest BCUT2D eigenvalue weighted by Gasteiger charge is -2.22. The SMILES string of the molecule is COCP(=O)(NC(C)C(C)=O)Oc1ccccc1.COCP(=O)(NC(C)C(C)=O)Oc1ccccc1. The zero-order valence-corrected chi connectivity index (χ0v) is 23.3. The predicted octanol–water partition coefficient (Wildman–Crippen LogP) is 4.86. The molecule has 0 spiro atoms. The molecule has 0 aliphatic rings. The number of ketones is 2. The zero-order chi connectivity index (χ0) is 27.2. The van der Waals surface area contributed by atoms with Crippen LogP contribution < -0.4 is 19.2 Å². The van der Waals surface area contributed by atoms with E-state index in [1.807, 2.05) is 12.1 Å². The van der Waals surface area contributed by atoms with Gasteiger partial charge in [-0.2, -0.15) is 0 Å². The summed E-state index contributed by atoms with van der Waals surface area (Å²) in [5.74, 6) is 0.730. The van der Waals surface area contributed by atoms with Crippen molar-refractivity contribution < 1.29 is 37.2 Å². The normalized spacial score (nSPS) is 15.7. The number of ether oxygens (including phenoxy) is 2. The molecule has 0 fully saturated rings. The largest absolute Gasteiger partial charge is 0.431 e. The Balaban J connectivity index is 0.000000360. The van der Waals surface area contributed by atoms with E-state index in [-0.39, 0.29) is 24.3 Å². The molecule has 0 radical (unpaired) electrons. The Morgan fingerprint density at radius 1 is 0.694 bits per heavy atom. The fraction of sp³-hybridized carbons (Fsp3) is 0.417. The molecule has 2 rings (SSSR count). The Labute approximate surface area is 213 Å². The second kappa shape index (κ2) is 15.7. The van der Waals surface area contributed by atoms with Gasteiger partial charge in [-0.05, 0) is 52.0 Å². The zero-order valence-electron chi connectivity index (χ0n) is 21.5. The van der Waals surface area contributed by atoms with Gasteiger partial charge >= 0.3 is 15.0 Å². The van der Waals surface area contributed by atoms with Crippen molar-refractivity contribution in [3.8, 4) is 11.5 Å². The molecule has 0 heterocycles. The lowest BCUT2D eigenvalue weighted by molar-refractivity contribution is -0.119. The van der Waals surface area contributed by atoms with Crippen LogP contribution in [0.15, 0.2) is 60.7 Å². The van der Waals surface area contributed by atoms with Crippen LogP contribution in [0, 0.1) is 0 Å². The standard InChI is InChI=1S/2C12H18NO4P/c2*1-10(11(2)14)13-18(15,9-16-3)17-12-7-5-4-6-8-12/h2*4-8,10H,9H2,1-3H3,(H,13,15). The molecule has 12 heteroatoms. The molecule has 2 N–H and O–H groups in total. The van der Waals surface area contributed by atoms with E-state index in [9.17, 15) is 18.7 Å². The first-order valence-corrected chi connectivity index (χ1v) is 14.8. The first kappa shape index (κ1) is 31.7. The van der Waals surface area contributed by atoms with Gasteiger partial charge in [0.1, 0.15) is 35.8 Å². The molecule has 2 aromatic carbocycles. The van der Waals surface area contributed by atoms with E-state index in [1.54, 1.807) is 62.4 Å². The highest BCUT2D eigenvalue weighted by molar-refractivity contribution is 7.57. The van der Waals surface area contributed by atoms with Gasteiger partial charge in [0.05, 0.1) is 12.1 Å². The second-order valence-corrected chi connectivity index (χ2v) is 12.0. The molecule has 0 aliphatic heterocycles. The third-order valence-electron chi connectivity index (χ3n) is 4.59. The molecule has 0 saturated carbocycles. The van der Waals surface area contributed by atoms with E-state index in [4.69, 9.17) is 18.5 Å². The Bertz CT molecular complexity index is 953. The molecule has 0 saturated heterocycles. The second-order valence-electron chi connectivity index (χ2n) is 7.91. The summed E-state index contributed by atoms with van der Waals surface area (Å²) in [5.41, 5.74) is 0. The van der Waals surface area contributed by atoms with E-state index in [1.165, 1.54) is 28.1 Å². The fourth-order valence-electron chi connectivity index (χ4n) is 2.60. The van der Waals surface area contributed by atoms with Crippen molar-refractivity contribution in [2.45, 2.75) is 39.8 Å². The molecular weight excluding hydrogens is 506 g/mol. The first-order chi connectivity index (χ1) is 16.9. The topological polar surface area (TPSA) is 129 Å². The summed E-state index contributed by atoms with van der Waals surface area (Å²) in [7, 11) is -3.63. The van der Waals surface area contributed by atoms with Crippen molar-refractivity contribution in [3.05, 3.63) is 60.7 Å². The third-order valence-corrected chi connectivity index (χ3v) is 8.36. The minimum atomic E-state index is -3.24. The summed E-state index contributed by atoms with van der Waals surface area (Å²) < 4.78 is 45.6. The molecule has 200 valence electrons. The molecule has 4 unspecified atom stereocenters. The van der Waals surface area contributed by atoms with Gasteiger partial charge in [-0.3, -0.25) is 18.7 Å². The van der Waals surface area contributed by atoms with Crippen LogP contribution in [0.2, 0.25) is 0 Å². The van der Waals surface area contributed by atoms with Crippen LogP contribution in [0.4, 0.5) is 0 Å². The number of hydrogen-bond donors (Lipinski definition) is 2. The maximum absolute atomic E-state index is 12.5. The molecule has 0 aliphatic carbocycles. The molecule has 36 heavy (non-hydrogen) atoms. The predicted molar refractivity (Wildman–Crippen MR) is 140 cm³/mol. The Morgan fingerprint density at radius 3 is 1.25 bits per heavy atom. The molecule has 0 aromatic heterocycles. The first-order valence-electron chi connectivity index (χ1n) is 11.2. The summed E-state index contributed by atoms with van der Waals surface area (Å²) in [4.78, 5) is 22.4. The molecule has 10 nitrogen and oxygen atoms in total. The fourth-order valence-corrected chi connectivity index (χ4v) is 6.10. The van der Waals surface area contributed by atoms with Gasteiger partial charge in [0, 0.05) is 14.2 Å². The van der Waals surface area contributed by atoms with Gasteiger partial charge in [-0.15, -0.1) is 0 Å². The monoisotopic (exact) mass is 542 g/mol. The number of hydrogen-bond acceptors (Lipinski definition) is 8. The molecule has 0 amide bonds. The van der Waals surface area contributed by atoms with E-state index in [2.05, 4.69) is 10.2 Å². The van der Waals surface area contributed by atoms with Crippen LogP contribution >= 0.6 is 15.0 Å². The lowest BCUT2D eigenvalue weighted by atomic mass is 10.3. The summed E-state index contributed by atoms with van der Waals surface area (Å²) in [5, 5.41) is 5.40. The highest BCUT2D eigenvalue weighted by atomic mass is 31.2. The van der Waals surface area contributed by atoms with Crippen LogP contribution in [0.25, 0.3) is 0 Å². The van der Waals surface area contributed by atoms with E-state index in [0.717, 1.165) is 0 Å². The van der Waals surface area contributed by atoms with Gasteiger partial charge in [-0.25, -0.2) is 10.2 Å². The minimum Gasteiger partial charge on any atom is -0.431 e. The summed E-state index contributed by atoms with van der Waals surface area (Å²) in [6, 6.07) is 16.5. The van der Waals surface area contributed by atoms with Crippen molar-refractivity contribution in [1.82, 2.24) is 10.2 Å². The van der Waals surface area contributed by atoms with Crippen molar-refractivity contribution >= 4 is 26.6 Å². The number of Topliss-reactive ketones (excluding diaryl/α,β-unsaturated/α-hetero) is 2.